The van der Waals surface area contributed by atoms with Crippen LogP contribution in [0.3, 0.4) is 0 Å². The fourth-order valence-electron chi connectivity index (χ4n) is 3.28. The molecule has 2 N–H and O–H groups in total. The Morgan fingerprint density at radius 2 is 2.00 bits per heavy atom. The van der Waals surface area contributed by atoms with E-state index in [1.807, 2.05) is 35.2 Å². The van der Waals surface area contributed by atoms with Crippen LogP contribution in [0, 0.1) is 11.8 Å². The summed E-state index contributed by atoms with van der Waals surface area (Å²) < 4.78 is 0. The second kappa shape index (κ2) is 4.62. The van der Waals surface area contributed by atoms with E-state index in [1.54, 1.807) is 0 Å². The number of hydrogen-bond acceptors (Lipinski definition) is 2. The van der Waals surface area contributed by atoms with Crippen LogP contribution in [0.15, 0.2) is 35.3 Å². The second-order valence-corrected chi connectivity index (χ2v) is 6.30. The molecule has 0 saturated heterocycles. The molecule has 20 heavy (non-hydrogen) atoms. The average molecular weight is 271 g/mol. The minimum atomic E-state index is -0.318. The zero-order chi connectivity index (χ0) is 14.3. The van der Waals surface area contributed by atoms with Gasteiger partial charge >= 0.3 is 6.03 Å². The Balaban J connectivity index is 1.81. The highest BCUT2D eigenvalue weighted by atomic mass is 16.2. The Bertz CT molecular complexity index is 544. The van der Waals surface area contributed by atoms with Gasteiger partial charge in [0.15, 0.2) is 0 Å². The molecule has 106 valence electrons. The molecule has 0 radical (unpaired) electrons. The summed E-state index contributed by atoms with van der Waals surface area (Å²) in [7, 11) is 0. The lowest BCUT2D eigenvalue weighted by atomic mass is 9.63. The third-order valence-corrected chi connectivity index (χ3v) is 4.77. The lowest BCUT2D eigenvalue weighted by Gasteiger charge is -2.51. The molecule has 0 bridgehead atoms. The molecular weight excluding hydrogens is 250 g/mol. The number of hydrogen-bond donors (Lipinski definition) is 1. The van der Waals surface area contributed by atoms with Crippen molar-refractivity contribution in [2.24, 2.45) is 22.6 Å². The molecule has 1 aromatic carbocycles. The van der Waals surface area contributed by atoms with E-state index in [4.69, 9.17) is 5.73 Å². The Kier molecular flexibility index (Phi) is 3.04. The van der Waals surface area contributed by atoms with Crippen molar-refractivity contribution in [2.75, 3.05) is 0 Å². The van der Waals surface area contributed by atoms with Crippen LogP contribution in [0.1, 0.15) is 32.3 Å². The fourth-order valence-corrected chi connectivity index (χ4v) is 3.28. The Morgan fingerprint density at radius 1 is 1.35 bits per heavy atom. The molecule has 1 aromatic rings. The first kappa shape index (κ1) is 13.2. The summed E-state index contributed by atoms with van der Waals surface area (Å²) in [5, 5.41) is 0. The molecule has 0 atom stereocenters. The Labute approximate surface area is 119 Å². The molecule has 4 heteroatoms. The molecule has 0 aromatic heterocycles. The molecule has 2 amide bonds. The van der Waals surface area contributed by atoms with E-state index in [0.29, 0.717) is 24.2 Å². The first-order valence-electron chi connectivity index (χ1n) is 7.23. The van der Waals surface area contributed by atoms with Crippen LogP contribution in [-0.4, -0.2) is 22.3 Å². The number of amidine groups is 1. The van der Waals surface area contributed by atoms with Crippen LogP contribution in [0.4, 0.5) is 4.79 Å². The maximum Gasteiger partial charge on any atom is 0.346 e. The van der Waals surface area contributed by atoms with Crippen molar-refractivity contribution in [3.8, 4) is 0 Å². The van der Waals surface area contributed by atoms with Crippen LogP contribution in [0.5, 0.6) is 0 Å². The predicted octanol–water partition coefficient (Wildman–Crippen LogP) is 2.78. The maximum absolute atomic E-state index is 12.1. The molecule has 1 heterocycles. The summed E-state index contributed by atoms with van der Waals surface area (Å²) in [6.45, 7) is 5.04. The van der Waals surface area contributed by atoms with E-state index in [-0.39, 0.29) is 11.6 Å². The number of rotatable bonds is 3. The first-order valence-corrected chi connectivity index (χ1v) is 7.23. The second-order valence-electron chi connectivity index (χ2n) is 6.30. The summed E-state index contributed by atoms with van der Waals surface area (Å²) in [4.78, 5) is 18.0. The Morgan fingerprint density at radius 3 is 2.60 bits per heavy atom. The molecule has 1 saturated carbocycles. The van der Waals surface area contributed by atoms with Crippen LogP contribution >= 0.6 is 0 Å². The standard InChI is InChI=1S/C16H21N3O/c1-11(2)13-8-16(9-13)14(17)18-15(20)19(16)10-12-6-4-3-5-7-12/h3-7,11,13H,8-10H2,1-2H3,(H2,17,18,20). The van der Waals surface area contributed by atoms with Gasteiger partial charge in [-0.15, -0.1) is 0 Å². The zero-order valence-electron chi connectivity index (χ0n) is 12.0. The van der Waals surface area contributed by atoms with Crippen molar-refractivity contribution < 1.29 is 4.79 Å². The molecule has 1 spiro atoms. The molecule has 0 unspecified atom stereocenters. The number of nitrogens with two attached hydrogens (primary N) is 1. The highest BCUT2D eigenvalue weighted by Crippen LogP contribution is 2.49. The van der Waals surface area contributed by atoms with Crippen molar-refractivity contribution in [1.29, 1.82) is 0 Å². The summed E-state index contributed by atoms with van der Waals surface area (Å²) in [6.07, 6.45) is 1.89. The fraction of sp³-hybridized carbons (Fsp3) is 0.500. The van der Waals surface area contributed by atoms with E-state index in [2.05, 4.69) is 18.8 Å². The van der Waals surface area contributed by atoms with Gasteiger partial charge in [0.05, 0.1) is 0 Å². The largest absolute Gasteiger partial charge is 0.385 e. The number of nitrogens with zero attached hydrogens (tertiary/aromatic N) is 2. The average Bonchev–Trinajstić information content (AvgIpc) is 2.60. The molecule has 1 aliphatic carbocycles. The van der Waals surface area contributed by atoms with Gasteiger partial charge in [-0.2, -0.15) is 4.99 Å². The number of amides is 2. The van der Waals surface area contributed by atoms with Gasteiger partial charge in [-0.3, -0.25) is 0 Å². The number of urea groups is 1. The third-order valence-electron chi connectivity index (χ3n) is 4.77. The molecule has 3 rings (SSSR count). The smallest absolute Gasteiger partial charge is 0.346 e. The minimum Gasteiger partial charge on any atom is -0.385 e. The van der Waals surface area contributed by atoms with Gasteiger partial charge in [0.2, 0.25) is 0 Å². The van der Waals surface area contributed by atoms with Gasteiger partial charge in [0.25, 0.3) is 0 Å². The SMILES string of the molecule is CC(C)C1CC2(C1)C(N)=NC(=O)N2Cc1ccccc1. The summed E-state index contributed by atoms with van der Waals surface area (Å²) in [5.41, 5.74) is 6.87. The highest BCUT2D eigenvalue weighted by Gasteiger charge is 2.57. The van der Waals surface area contributed by atoms with Gasteiger partial charge < -0.3 is 10.6 Å². The summed E-state index contributed by atoms with van der Waals surface area (Å²) >= 11 is 0. The summed E-state index contributed by atoms with van der Waals surface area (Å²) in [5.74, 6) is 1.77. The van der Waals surface area contributed by atoms with E-state index < -0.39 is 0 Å². The van der Waals surface area contributed by atoms with Gasteiger partial charge in [-0.1, -0.05) is 44.2 Å². The minimum absolute atomic E-state index is 0.187. The molecule has 4 nitrogen and oxygen atoms in total. The lowest BCUT2D eigenvalue weighted by Crippen LogP contribution is -2.62. The molecular formula is C16H21N3O. The first-order chi connectivity index (χ1) is 9.53. The number of benzene rings is 1. The normalized spacial score (nSPS) is 28.9. The third kappa shape index (κ3) is 1.90. The number of carbonyl (C=O) groups excluding carboxylic acids is 1. The predicted molar refractivity (Wildman–Crippen MR) is 79.3 cm³/mol. The van der Waals surface area contributed by atoms with E-state index in [9.17, 15) is 4.79 Å². The highest BCUT2D eigenvalue weighted by molar-refractivity contribution is 6.06. The topological polar surface area (TPSA) is 58.7 Å². The molecule has 1 fully saturated rings. The van der Waals surface area contributed by atoms with Gasteiger partial charge in [0.1, 0.15) is 11.4 Å². The van der Waals surface area contributed by atoms with E-state index in [0.717, 1.165) is 18.4 Å². The lowest BCUT2D eigenvalue weighted by molar-refractivity contribution is 0.0410. The van der Waals surface area contributed by atoms with Crippen LogP contribution in [-0.2, 0) is 6.54 Å². The van der Waals surface area contributed by atoms with Crippen molar-refractivity contribution in [3.05, 3.63) is 35.9 Å². The van der Waals surface area contributed by atoms with Crippen LogP contribution < -0.4 is 5.73 Å². The monoisotopic (exact) mass is 271 g/mol. The van der Waals surface area contributed by atoms with E-state index >= 15 is 0 Å². The van der Waals surface area contributed by atoms with Crippen molar-refractivity contribution in [1.82, 2.24) is 4.90 Å². The summed E-state index contributed by atoms with van der Waals surface area (Å²) in [6, 6.07) is 9.85. The molecule has 2 aliphatic rings. The van der Waals surface area contributed by atoms with Gasteiger partial charge in [-0.25, -0.2) is 4.79 Å². The van der Waals surface area contributed by atoms with E-state index in [1.165, 1.54) is 0 Å². The van der Waals surface area contributed by atoms with Crippen molar-refractivity contribution in [3.63, 3.8) is 0 Å². The van der Waals surface area contributed by atoms with Crippen LogP contribution in [0.25, 0.3) is 0 Å². The van der Waals surface area contributed by atoms with Gasteiger partial charge in [-0.05, 0) is 30.2 Å². The Hall–Kier alpha value is -1.84. The zero-order valence-corrected chi connectivity index (χ0v) is 12.0. The molecule has 1 aliphatic heterocycles. The maximum atomic E-state index is 12.1. The quantitative estimate of drug-likeness (QED) is 0.919. The van der Waals surface area contributed by atoms with Crippen LogP contribution in [0.2, 0.25) is 0 Å². The van der Waals surface area contributed by atoms with Gasteiger partial charge in [0, 0.05) is 6.54 Å². The van der Waals surface area contributed by atoms with Crippen molar-refractivity contribution in [2.45, 2.75) is 38.8 Å². The number of carbonyl (C=O) groups is 1. The van der Waals surface area contributed by atoms with Crippen molar-refractivity contribution >= 4 is 11.9 Å². The number of aliphatic imine (C=N–C) groups is 1.